The van der Waals surface area contributed by atoms with Gasteiger partial charge in [0, 0.05) is 19.2 Å². The molecule has 1 heterocycles. The molecule has 0 fully saturated rings. The molecule has 0 spiro atoms. The molecule has 0 saturated carbocycles. The highest BCUT2D eigenvalue weighted by atomic mass is 16.6. The Kier molecular flexibility index (Phi) is 7.54. The number of fused-ring (bicyclic) bond motifs is 1. The van der Waals surface area contributed by atoms with Crippen molar-refractivity contribution in [3.05, 3.63) is 29.8 Å². The quantitative estimate of drug-likeness (QED) is 0.690. The smallest absolute Gasteiger partial charge is 0.410 e. The number of carbonyl (C=O) groups excluding carboxylic acids is 4. The van der Waals surface area contributed by atoms with E-state index in [0.717, 1.165) is 5.56 Å². The number of ether oxygens (including phenoxy) is 1. The zero-order valence-electron chi connectivity index (χ0n) is 19.8. The lowest BCUT2D eigenvalue weighted by molar-refractivity contribution is -0.131. The molecular weight excluding hydrogens is 412 g/mol. The fourth-order valence-corrected chi connectivity index (χ4v) is 3.49. The van der Waals surface area contributed by atoms with Gasteiger partial charge >= 0.3 is 6.09 Å². The fraction of sp³-hybridized carbons (Fsp3) is 0.565. The van der Waals surface area contributed by atoms with E-state index in [1.165, 1.54) is 16.8 Å². The van der Waals surface area contributed by atoms with E-state index < -0.39 is 47.5 Å². The number of nitrogens with two attached hydrogens (primary N) is 1. The van der Waals surface area contributed by atoms with Crippen LogP contribution in [-0.4, -0.2) is 59.5 Å². The van der Waals surface area contributed by atoms with Crippen molar-refractivity contribution in [2.75, 3.05) is 11.9 Å². The van der Waals surface area contributed by atoms with Crippen LogP contribution in [0.4, 0.5) is 10.5 Å². The number of hydrogen-bond acceptors (Lipinski definition) is 5. The number of nitrogens with one attached hydrogen (secondary N) is 1. The zero-order chi connectivity index (χ0) is 24.4. The number of benzene rings is 1. The average Bonchev–Trinajstić information content (AvgIpc) is 3.08. The van der Waals surface area contributed by atoms with Crippen molar-refractivity contribution >= 4 is 29.5 Å². The molecule has 2 rings (SSSR count). The van der Waals surface area contributed by atoms with Crippen LogP contribution < -0.4 is 16.0 Å². The van der Waals surface area contributed by atoms with Crippen molar-refractivity contribution in [1.29, 1.82) is 0 Å². The Labute approximate surface area is 189 Å². The number of nitrogens with zero attached hydrogens (tertiary/aromatic N) is 2. The Bertz CT molecular complexity index is 893. The van der Waals surface area contributed by atoms with Crippen LogP contribution in [0.5, 0.6) is 0 Å². The lowest BCUT2D eigenvalue weighted by Gasteiger charge is -2.32. The van der Waals surface area contributed by atoms with Crippen molar-refractivity contribution in [2.24, 2.45) is 11.7 Å². The molecule has 9 nitrogen and oxygen atoms in total. The molecular formula is C23H34N4O5. The first-order valence-electron chi connectivity index (χ1n) is 10.7. The van der Waals surface area contributed by atoms with Gasteiger partial charge in [0.1, 0.15) is 23.7 Å². The van der Waals surface area contributed by atoms with Crippen molar-refractivity contribution in [1.82, 2.24) is 10.2 Å². The van der Waals surface area contributed by atoms with E-state index in [4.69, 9.17) is 10.5 Å². The van der Waals surface area contributed by atoms with E-state index >= 15 is 0 Å². The van der Waals surface area contributed by atoms with Gasteiger partial charge in [0.05, 0.1) is 0 Å². The van der Waals surface area contributed by atoms with Gasteiger partial charge in [0.15, 0.2) is 0 Å². The Balaban J connectivity index is 2.22. The van der Waals surface area contributed by atoms with Crippen molar-refractivity contribution in [2.45, 2.75) is 71.7 Å². The number of likely N-dealkylation sites (N-methyl/N-ethyl adjacent to an activating group) is 1. The van der Waals surface area contributed by atoms with E-state index in [1.54, 1.807) is 53.7 Å². The predicted octanol–water partition coefficient (Wildman–Crippen LogP) is 1.83. The molecule has 1 aliphatic heterocycles. The van der Waals surface area contributed by atoms with E-state index in [1.807, 2.05) is 12.1 Å². The minimum absolute atomic E-state index is 0.272. The summed E-state index contributed by atoms with van der Waals surface area (Å²) in [6, 6.07) is 4.61. The van der Waals surface area contributed by atoms with Crippen molar-refractivity contribution in [3.63, 3.8) is 0 Å². The summed E-state index contributed by atoms with van der Waals surface area (Å²) in [6.07, 6.45) is -0.316. The van der Waals surface area contributed by atoms with Crippen LogP contribution in [0.25, 0.3) is 0 Å². The molecule has 32 heavy (non-hydrogen) atoms. The number of anilines is 1. The van der Waals surface area contributed by atoms with E-state index in [9.17, 15) is 19.2 Å². The molecule has 0 bridgehead atoms. The van der Waals surface area contributed by atoms with Gasteiger partial charge in [0.2, 0.25) is 11.8 Å². The number of carbonyl (C=O) groups is 4. The van der Waals surface area contributed by atoms with Gasteiger partial charge in [-0.3, -0.25) is 24.2 Å². The second-order valence-corrected chi connectivity index (χ2v) is 9.46. The Morgan fingerprint density at radius 1 is 1.16 bits per heavy atom. The van der Waals surface area contributed by atoms with E-state index in [0.29, 0.717) is 12.1 Å². The van der Waals surface area contributed by atoms with Gasteiger partial charge in [-0.25, -0.2) is 4.79 Å². The summed E-state index contributed by atoms with van der Waals surface area (Å²) >= 11 is 0. The Morgan fingerprint density at radius 3 is 2.28 bits per heavy atom. The predicted molar refractivity (Wildman–Crippen MR) is 121 cm³/mol. The largest absolute Gasteiger partial charge is 0.444 e. The van der Waals surface area contributed by atoms with Crippen LogP contribution in [0.15, 0.2) is 24.3 Å². The first-order valence-corrected chi connectivity index (χ1v) is 10.7. The maximum atomic E-state index is 13.5. The lowest BCUT2D eigenvalue weighted by atomic mass is 10.0. The van der Waals surface area contributed by atoms with E-state index in [-0.39, 0.29) is 5.92 Å². The molecule has 176 valence electrons. The molecule has 3 atom stereocenters. The molecule has 0 aromatic heterocycles. The number of para-hydroxylation sites is 1. The summed E-state index contributed by atoms with van der Waals surface area (Å²) in [4.78, 5) is 53.4. The minimum Gasteiger partial charge on any atom is -0.444 e. The SMILES string of the molecule is CC(C)C(NC(=O)C(C)N(C)C(=O)OC(C)(C)C)C(=O)N1c2ccccc2C[C@H]1C(N)=O. The van der Waals surface area contributed by atoms with Crippen LogP contribution in [-0.2, 0) is 25.5 Å². The first-order chi connectivity index (χ1) is 14.7. The van der Waals surface area contributed by atoms with Crippen LogP contribution in [0, 0.1) is 5.92 Å². The highest BCUT2D eigenvalue weighted by Gasteiger charge is 2.41. The lowest BCUT2D eigenvalue weighted by Crippen LogP contribution is -2.58. The molecule has 0 saturated heterocycles. The van der Waals surface area contributed by atoms with Crippen LogP contribution in [0.3, 0.4) is 0 Å². The molecule has 1 aliphatic rings. The van der Waals surface area contributed by atoms with Crippen molar-refractivity contribution < 1.29 is 23.9 Å². The topological polar surface area (TPSA) is 122 Å². The summed E-state index contributed by atoms with van der Waals surface area (Å²) in [5.74, 6) is -1.81. The summed E-state index contributed by atoms with van der Waals surface area (Å²) in [5.41, 5.74) is 6.33. The maximum absolute atomic E-state index is 13.5. The number of rotatable bonds is 6. The van der Waals surface area contributed by atoms with Gasteiger partial charge in [-0.05, 0) is 45.2 Å². The average molecular weight is 447 g/mol. The standard InChI is InChI=1S/C23H34N4O5/c1-13(2)18(25-20(29)14(3)26(7)22(31)32-23(4,5)6)21(30)27-16-11-9-8-10-15(16)12-17(27)19(24)28/h8-11,13-14,17-18H,12H2,1-7H3,(H2,24,28)(H,25,29)/t14?,17-,18?/m0/s1. The van der Waals surface area contributed by atoms with Gasteiger partial charge in [-0.15, -0.1) is 0 Å². The first kappa shape index (κ1) is 25.2. The monoisotopic (exact) mass is 446 g/mol. The Hall–Kier alpha value is -3.10. The van der Waals surface area contributed by atoms with Crippen LogP contribution >= 0.6 is 0 Å². The molecule has 9 heteroatoms. The molecule has 1 aromatic rings. The third kappa shape index (κ3) is 5.57. The number of amides is 4. The van der Waals surface area contributed by atoms with Gasteiger partial charge in [-0.2, -0.15) is 0 Å². The highest BCUT2D eigenvalue weighted by Crippen LogP contribution is 2.33. The third-order valence-corrected chi connectivity index (χ3v) is 5.41. The van der Waals surface area contributed by atoms with E-state index in [2.05, 4.69) is 5.32 Å². The molecule has 0 aliphatic carbocycles. The normalized spacial score (nSPS) is 17.4. The molecule has 1 aromatic carbocycles. The molecule has 0 radical (unpaired) electrons. The van der Waals surface area contributed by atoms with Gasteiger partial charge < -0.3 is 15.8 Å². The second-order valence-electron chi connectivity index (χ2n) is 9.46. The minimum atomic E-state index is -0.912. The summed E-state index contributed by atoms with van der Waals surface area (Å²) in [6.45, 7) is 10.4. The molecule has 2 unspecified atom stereocenters. The Morgan fingerprint density at radius 2 is 1.75 bits per heavy atom. The summed E-state index contributed by atoms with van der Waals surface area (Å²) < 4.78 is 5.31. The number of hydrogen-bond donors (Lipinski definition) is 2. The molecule has 3 N–H and O–H groups in total. The molecule has 4 amide bonds. The van der Waals surface area contributed by atoms with Gasteiger partial charge in [-0.1, -0.05) is 32.0 Å². The van der Waals surface area contributed by atoms with Crippen LogP contribution in [0.1, 0.15) is 47.1 Å². The second kappa shape index (κ2) is 9.58. The van der Waals surface area contributed by atoms with Crippen molar-refractivity contribution in [3.8, 4) is 0 Å². The van der Waals surface area contributed by atoms with Gasteiger partial charge in [0.25, 0.3) is 5.91 Å². The highest BCUT2D eigenvalue weighted by molar-refractivity contribution is 6.06. The summed E-state index contributed by atoms with van der Waals surface area (Å²) in [5, 5.41) is 2.75. The maximum Gasteiger partial charge on any atom is 0.410 e. The van der Waals surface area contributed by atoms with Crippen LogP contribution in [0.2, 0.25) is 0 Å². The third-order valence-electron chi connectivity index (χ3n) is 5.41. The number of primary amides is 1. The zero-order valence-corrected chi connectivity index (χ0v) is 19.8. The summed E-state index contributed by atoms with van der Waals surface area (Å²) in [7, 11) is 1.46. The fourth-order valence-electron chi connectivity index (χ4n) is 3.49.